The van der Waals surface area contributed by atoms with Crippen molar-refractivity contribution in [3.63, 3.8) is 0 Å². The standard InChI is InChI=1S/C13H20ClNO.ClH/c1-9(2)13(3,4)15-8-10-7-11(14)5-6-12(10)16;/h5-7,9,15-16H,8H2,1-4H3;1H. The van der Waals surface area contributed by atoms with Crippen LogP contribution >= 0.6 is 11.6 Å². The lowest BCUT2D eigenvalue weighted by molar-refractivity contribution is -0.741. The zero-order chi connectivity index (χ0) is 12.3. The fourth-order valence-electron chi connectivity index (χ4n) is 1.33. The predicted molar refractivity (Wildman–Crippen MR) is 67.7 cm³/mol. The SMILES string of the molecule is CC(C)C(C)(C)[NH2+]Cc1cc(Cl)ccc1O.[Cl-]. The Morgan fingerprint density at radius 3 is 2.47 bits per heavy atom. The van der Waals surface area contributed by atoms with Gasteiger partial charge in [-0.25, -0.2) is 0 Å². The molecule has 98 valence electrons. The molecule has 0 spiro atoms. The Kier molecular flexibility index (Phi) is 6.31. The van der Waals surface area contributed by atoms with Gasteiger partial charge in [-0.15, -0.1) is 0 Å². The minimum atomic E-state index is 0. The maximum absolute atomic E-state index is 9.69. The van der Waals surface area contributed by atoms with Gasteiger partial charge in [0.2, 0.25) is 0 Å². The van der Waals surface area contributed by atoms with Crippen molar-refractivity contribution in [3.8, 4) is 5.75 Å². The molecule has 0 bridgehead atoms. The van der Waals surface area contributed by atoms with E-state index in [1.807, 2.05) is 6.07 Å². The number of hydrogen-bond acceptors (Lipinski definition) is 1. The molecule has 0 amide bonds. The number of phenolic OH excluding ortho intramolecular Hbond substituents is 1. The third kappa shape index (κ3) is 4.74. The normalized spacial score (nSPS) is 11.4. The lowest BCUT2D eigenvalue weighted by Gasteiger charge is -2.27. The molecule has 1 aromatic rings. The maximum atomic E-state index is 9.69. The van der Waals surface area contributed by atoms with Crippen molar-refractivity contribution in [2.24, 2.45) is 5.92 Å². The third-order valence-electron chi connectivity index (χ3n) is 3.38. The highest BCUT2D eigenvalue weighted by Gasteiger charge is 2.25. The number of halogens is 2. The molecule has 17 heavy (non-hydrogen) atoms. The van der Waals surface area contributed by atoms with Crippen molar-refractivity contribution in [3.05, 3.63) is 28.8 Å². The van der Waals surface area contributed by atoms with Gasteiger partial charge in [0.25, 0.3) is 0 Å². The van der Waals surface area contributed by atoms with Crippen LogP contribution in [0, 0.1) is 5.92 Å². The second-order valence-electron chi connectivity index (χ2n) is 5.16. The molecule has 0 radical (unpaired) electrons. The molecule has 2 nitrogen and oxygen atoms in total. The van der Waals surface area contributed by atoms with Gasteiger partial charge >= 0.3 is 0 Å². The van der Waals surface area contributed by atoms with Crippen molar-refractivity contribution < 1.29 is 22.8 Å². The Hall–Kier alpha value is -0.440. The second-order valence-corrected chi connectivity index (χ2v) is 5.59. The van der Waals surface area contributed by atoms with Crippen LogP contribution in [0.5, 0.6) is 5.75 Å². The first-order valence-corrected chi connectivity index (χ1v) is 6.02. The largest absolute Gasteiger partial charge is 1.00 e. The molecule has 0 aliphatic carbocycles. The van der Waals surface area contributed by atoms with Crippen molar-refractivity contribution in [2.45, 2.75) is 39.8 Å². The van der Waals surface area contributed by atoms with Crippen LogP contribution in [-0.4, -0.2) is 10.6 Å². The molecule has 0 fully saturated rings. The molecule has 4 heteroatoms. The van der Waals surface area contributed by atoms with Crippen molar-refractivity contribution >= 4 is 11.6 Å². The molecule has 3 N–H and O–H groups in total. The summed E-state index contributed by atoms with van der Waals surface area (Å²) >= 11 is 5.90. The fourth-order valence-corrected chi connectivity index (χ4v) is 1.52. The summed E-state index contributed by atoms with van der Waals surface area (Å²) in [5.74, 6) is 0.897. The highest BCUT2D eigenvalue weighted by molar-refractivity contribution is 6.30. The number of rotatable bonds is 4. The van der Waals surface area contributed by atoms with Crippen LogP contribution in [0.3, 0.4) is 0 Å². The smallest absolute Gasteiger partial charge is 0.124 e. The summed E-state index contributed by atoms with van der Waals surface area (Å²) in [5.41, 5.74) is 1.05. The molecule has 1 rings (SSSR count). The topological polar surface area (TPSA) is 36.8 Å². The summed E-state index contributed by atoms with van der Waals surface area (Å²) in [6, 6.07) is 5.17. The first kappa shape index (κ1) is 16.6. The monoisotopic (exact) mass is 277 g/mol. The molecular weight excluding hydrogens is 257 g/mol. The van der Waals surface area contributed by atoms with Crippen LogP contribution in [0.25, 0.3) is 0 Å². The Labute approximate surface area is 115 Å². The molecule has 0 saturated carbocycles. The van der Waals surface area contributed by atoms with Crippen LogP contribution in [0.2, 0.25) is 5.02 Å². The lowest BCUT2D eigenvalue weighted by Crippen LogP contribution is -3.00. The number of quaternary nitrogens is 1. The Morgan fingerprint density at radius 2 is 1.94 bits per heavy atom. The van der Waals surface area contributed by atoms with E-state index in [0.29, 0.717) is 16.7 Å². The van der Waals surface area contributed by atoms with E-state index in [0.717, 1.165) is 12.1 Å². The first-order chi connectivity index (χ1) is 7.33. The lowest BCUT2D eigenvalue weighted by atomic mass is 9.90. The van der Waals surface area contributed by atoms with Crippen LogP contribution in [0.1, 0.15) is 33.3 Å². The van der Waals surface area contributed by atoms with Crippen LogP contribution in [-0.2, 0) is 6.54 Å². The molecule has 1 aromatic carbocycles. The zero-order valence-electron chi connectivity index (χ0n) is 10.8. The van der Waals surface area contributed by atoms with Gasteiger partial charge in [-0.3, -0.25) is 0 Å². The van der Waals surface area contributed by atoms with E-state index in [-0.39, 0.29) is 17.9 Å². The van der Waals surface area contributed by atoms with Gasteiger partial charge < -0.3 is 22.8 Å². The van der Waals surface area contributed by atoms with Crippen molar-refractivity contribution in [2.75, 3.05) is 0 Å². The molecule has 0 aromatic heterocycles. The molecule has 0 aliphatic rings. The van der Waals surface area contributed by atoms with Crippen LogP contribution in [0.15, 0.2) is 18.2 Å². The number of hydrogen-bond donors (Lipinski definition) is 2. The molecule has 0 saturated heterocycles. The quantitative estimate of drug-likeness (QED) is 0.769. The van der Waals surface area contributed by atoms with Crippen molar-refractivity contribution in [1.29, 1.82) is 0 Å². The van der Waals surface area contributed by atoms with E-state index in [1.54, 1.807) is 12.1 Å². The van der Waals surface area contributed by atoms with E-state index < -0.39 is 0 Å². The average Bonchev–Trinajstić information content (AvgIpc) is 2.19. The molecule has 0 atom stereocenters. The fraction of sp³-hybridized carbons (Fsp3) is 0.538. The Morgan fingerprint density at radius 1 is 1.35 bits per heavy atom. The number of benzene rings is 1. The van der Waals surface area contributed by atoms with Gasteiger partial charge in [-0.1, -0.05) is 25.4 Å². The van der Waals surface area contributed by atoms with Crippen LogP contribution < -0.4 is 17.7 Å². The van der Waals surface area contributed by atoms with Gasteiger partial charge in [0.15, 0.2) is 0 Å². The summed E-state index contributed by atoms with van der Waals surface area (Å²) in [6.45, 7) is 9.57. The number of nitrogens with two attached hydrogens (primary N) is 1. The zero-order valence-corrected chi connectivity index (χ0v) is 12.3. The summed E-state index contributed by atoms with van der Waals surface area (Å²) in [7, 11) is 0. The predicted octanol–water partition coefficient (Wildman–Crippen LogP) is -0.452. The first-order valence-electron chi connectivity index (χ1n) is 5.64. The van der Waals surface area contributed by atoms with Gasteiger partial charge in [0.05, 0.1) is 5.54 Å². The van der Waals surface area contributed by atoms with E-state index in [4.69, 9.17) is 11.6 Å². The van der Waals surface area contributed by atoms with E-state index in [1.165, 1.54) is 0 Å². The summed E-state index contributed by atoms with van der Waals surface area (Å²) in [6.07, 6.45) is 0. The Balaban J connectivity index is 0.00000256. The maximum Gasteiger partial charge on any atom is 0.124 e. The van der Waals surface area contributed by atoms with Gasteiger partial charge in [-0.2, -0.15) is 0 Å². The number of phenols is 1. The molecule has 0 heterocycles. The average molecular weight is 278 g/mol. The van der Waals surface area contributed by atoms with E-state index in [2.05, 4.69) is 33.0 Å². The second kappa shape index (κ2) is 6.48. The summed E-state index contributed by atoms with van der Waals surface area (Å²) in [5, 5.41) is 12.6. The van der Waals surface area contributed by atoms with E-state index >= 15 is 0 Å². The van der Waals surface area contributed by atoms with Gasteiger partial charge in [0.1, 0.15) is 12.3 Å². The molecule has 0 unspecified atom stereocenters. The van der Waals surface area contributed by atoms with Gasteiger partial charge in [0, 0.05) is 16.5 Å². The third-order valence-corrected chi connectivity index (χ3v) is 3.61. The minimum absolute atomic E-state index is 0. The molecule has 0 aliphatic heterocycles. The van der Waals surface area contributed by atoms with Crippen LogP contribution in [0.4, 0.5) is 0 Å². The van der Waals surface area contributed by atoms with E-state index in [9.17, 15) is 5.11 Å². The molecular formula is C13H21Cl2NO. The summed E-state index contributed by atoms with van der Waals surface area (Å²) in [4.78, 5) is 0. The highest BCUT2D eigenvalue weighted by atomic mass is 35.5. The van der Waals surface area contributed by atoms with Crippen molar-refractivity contribution in [1.82, 2.24) is 0 Å². The summed E-state index contributed by atoms with van der Waals surface area (Å²) < 4.78 is 0. The van der Waals surface area contributed by atoms with Gasteiger partial charge in [-0.05, 0) is 32.0 Å². The minimum Gasteiger partial charge on any atom is -1.00 e. The Bertz CT molecular complexity index is 364. The number of aromatic hydroxyl groups is 1. The highest BCUT2D eigenvalue weighted by Crippen LogP contribution is 2.20.